The fourth-order valence-corrected chi connectivity index (χ4v) is 2.04. The summed E-state index contributed by atoms with van der Waals surface area (Å²) >= 11 is 0. The van der Waals surface area contributed by atoms with E-state index in [0.29, 0.717) is 24.2 Å². The van der Waals surface area contributed by atoms with Gasteiger partial charge < -0.3 is 0 Å². The number of carbonyl (C=O) groups is 1. The van der Waals surface area contributed by atoms with Crippen molar-refractivity contribution >= 4 is 5.78 Å². The first-order valence-corrected chi connectivity index (χ1v) is 5.12. The number of fused-ring (bicyclic) bond motifs is 1. The smallest absolute Gasteiger partial charge is 0.181 e. The van der Waals surface area contributed by atoms with E-state index in [9.17, 15) is 9.18 Å². The largest absolute Gasteiger partial charge is 0.292 e. The van der Waals surface area contributed by atoms with Crippen molar-refractivity contribution in [3.63, 3.8) is 0 Å². The SMILES string of the molecule is O=C1CCc2cnn(-c3ccccc3F)c21. The number of aromatic nitrogens is 2. The molecular weight excluding hydrogens is 207 g/mol. The van der Waals surface area contributed by atoms with E-state index in [-0.39, 0.29) is 11.6 Å². The molecule has 0 unspecified atom stereocenters. The van der Waals surface area contributed by atoms with Gasteiger partial charge in [-0.3, -0.25) is 4.79 Å². The summed E-state index contributed by atoms with van der Waals surface area (Å²) in [6, 6.07) is 6.33. The van der Waals surface area contributed by atoms with E-state index in [0.717, 1.165) is 5.56 Å². The van der Waals surface area contributed by atoms with Gasteiger partial charge in [-0.15, -0.1) is 0 Å². The first kappa shape index (κ1) is 9.27. The average molecular weight is 216 g/mol. The van der Waals surface area contributed by atoms with Crippen molar-refractivity contribution in [2.45, 2.75) is 12.8 Å². The highest BCUT2D eigenvalue weighted by atomic mass is 19.1. The lowest BCUT2D eigenvalue weighted by Crippen LogP contribution is -2.07. The molecule has 0 N–H and O–H groups in total. The highest BCUT2D eigenvalue weighted by Gasteiger charge is 2.26. The van der Waals surface area contributed by atoms with Crippen LogP contribution in [-0.4, -0.2) is 15.6 Å². The molecule has 0 bridgehead atoms. The molecule has 0 aliphatic heterocycles. The zero-order chi connectivity index (χ0) is 11.1. The van der Waals surface area contributed by atoms with Gasteiger partial charge in [-0.25, -0.2) is 9.07 Å². The van der Waals surface area contributed by atoms with Gasteiger partial charge >= 0.3 is 0 Å². The molecule has 0 amide bonds. The Morgan fingerprint density at radius 2 is 2.06 bits per heavy atom. The Morgan fingerprint density at radius 3 is 2.88 bits per heavy atom. The molecule has 4 heteroatoms. The minimum atomic E-state index is -0.367. The molecule has 16 heavy (non-hydrogen) atoms. The molecule has 80 valence electrons. The monoisotopic (exact) mass is 216 g/mol. The predicted molar refractivity (Wildman–Crippen MR) is 56.2 cm³/mol. The zero-order valence-electron chi connectivity index (χ0n) is 8.48. The number of hydrogen-bond acceptors (Lipinski definition) is 2. The number of halogens is 1. The third-order valence-electron chi connectivity index (χ3n) is 2.81. The van der Waals surface area contributed by atoms with Gasteiger partial charge in [0, 0.05) is 12.0 Å². The first-order chi connectivity index (χ1) is 7.77. The Morgan fingerprint density at radius 1 is 1.25 bits per heavy atom. The van der Waals surface area contributed by atoms with Crippen LogP contribution >= 0.6 is 0 Å². The van der Waals surface area contributed by atoms with Crippen LogP contribution in [0.5, 0.6) is 0 Å². The van der Waals surface area contributed by atoms with Gasteiger partial charge in [0.25, 0.3) is 0 Å². The lowest BCUT2D eigenvalue weighted by Gasteiger charge is -2.05. The fourth-order valence-electron chi connectivity index (χ4n) is 2.04. The van der Waals surface area contributed by atoms with E-state index in [1.807, 2.05) is 0 Å². The van der Waals surface area contributed by atoms with Crippen molar-refractivity contribution in [3.05, 3.63) is 47.5 Å². The number of Topliss-reactive ketones (excluding diaryl/α,β-unsaturated/α-hetero) is 1. The van der Waals surface area contributed by atoms with Gasteiger partial charge in [0.15, 0.2) is 5.78 Å². The van der Waals surface area contributed by atoms with Crippen LogP contribution in [0.15, 0.2) is 30.5 Å². The summed E-state index contributed by atoms with van der Waals surface area (Å²) in [4.78, 5) is 11.6. The quantitative estimate of drug-likeness (QED) is 0.732. The van der Waals surface area contributed by atoms with Crippen LogP contribution in [0.25, 0.3) is 5.69 Å². The van der Waals surface area contributed by atoms with Crippen molar-refractivity contribution < 1.29 is 9.18 Å². The van der Waals surface area contributed by atoms with E-state index < -0.39 is 0 Å². The summed E-state index contributed by atoms with van der Waals surface area (Å²) < 4.78 is 15.0. The molecule has 1 aliphatic rings. The van der Waals surface area contributed by atoms with Crippen LogP contribution in [0.3, 0.4) is 0 Å². The molecule has 0 saturated heterocycles. The lowest BCUT2D eigenvalue weighted by atomic mass is 10.2. The zero-order valence-corrected chi connectivity index (χ0v) is 8.48. The van der Waals surface area contributed by atoms with Gasteiger partial charge in [-0.05, 0) is 18.6 Å². The minimum absolute atomic E-state index is 0.0377. The maximum Gasteiger partial charge on any atom is 0.181 e. The van der Waals surface area contributed by atoms with Gasteiger partial charge in [-0.1, -0.05) is 12.1 Å². The Balaban J connectivity index is 2.22. The fraction of sp³-hybridized carbons (Fsp3) is 0.167. The second-order valence-electron chi connectivity index (χ2n) is 3.80. The second kappa shape index (κ2) is 3.27. The molecule has 1 aromatic heterocycles. The Hall–Kier alpha value is -1.97. The Kier molecular flexibility index (Phi) is 1.89. The number of carbonyl (C=O) groups excluding carboxylic acids is 1. The number of rotatable bonds is 1. The molecule has 3 nitrogen and oxygen atoms in total. The van der Waals surface area contributed by atoms with Crippen LogP contribution in [0.2, 0.25) is 0 Å². The van der Waals surface area contributed by atoms with Crippen molar-refractivity contribution in [1.82, 2.24) is 9.78 Å². The normalized spacial score (nSPS) is 14.2. The van der Waals surface area contributed by atoms with E-state index in [1.54, 1.807) is 24.4 Å². The number of aryl methyl sites for hydroxylation is 1. The second-order valence-corrected chi connectivity index (χ2v) is 3.80. The van der Waals surface area contributed by atoms with Crippen LogP contribution in [0, 0.1) is 5.82 Å². The molecule has 3 rings (SSSR count). The number of benzene rings is 1. The average Bonchev–Trinajstić information content (AvgIpc) is 2.83. The summed E-state index contributed by atoms with van der Waals surface area (Å²) in [7, 11) is 0. The number of hydrogen-bond donors (Lipinski definition) is 0. The van der Waals surface area contributed by atoms with Gasteiger partial charge in [0.05, 0.1) is 6.20 Å². The Labute approximate surface area is 91.5 Å². The molecule has 1 heterocycles. The molecular formula is C12H9FN2O. The summed E-state index contributed by atoms with van der Waals surface area (Å²) in [5.41, 5.74) is 1.78. The highest BCUT2D eigenvalue weighted by Crippen LogP contribution is 2.25. The van der Waals surface area contributed by atoms with E-state index >= 15 is 0 Å². The van der Waals surface area contributed by atoms with Gasteiger partial charge in [0.2, 0.25) is 0 Å². The highest BCUT2D eigenvalue weighted by molar-refractivity contribution is 5.99. The summed E-state index contributed by atoms with van der Waals surface area (Å²) in [5.74, 6) is -0.330. The van der Waals surface area contributed by atoms with E-state index in [2.05, 4.69) is 5.10 Å². The third-order valence-corrected chi connectivity index (χ3v) is 2.81. The number of para-hydroxylation sites is 1. The van der Waals surface area contributed by atoms with Gasteiger partial charge in [-0.2, -0.15) is 5.10 Å². The van der Waals surface area contributed by atoms with Crippen LogP contribution < -0.4 is 0 Å². The summed E-state index contributed by atoms with van der Waals surface area (Å²) in [5, 5.41) is 4.08. The van der Waals surface area contributed by atoms with Crippen molar-refractivity contribution in [2.75, 3.05) is 0 Å². The molecule has 0 atom stereocenters. The maximum atomic E-state index is 13.6. The molecule has 2 aromatic rings. The van der Waals surface area contributed by atoms with Crippen LogP contribution in [-0.2, 0) is 6.42 Å². The van der Waals surface area contributed by atoms with Crippen LogP contribution in [0.4, 0.5) is 4.39 Å². The molecule has 0 fully saturated rings. The van der Waals surface area contributed by atoms with E-state index in [4.69, 9.17) is 0 Å². The summed E-state index contributed by atoms with van der Waals surface area (Å²) in [6.45, 7) is 0. The van der Waals surface area contributed by atoms with Crippen LogP contribution in [0.1, 0.15) is 22.5 Å². The van der Waals surface area contributed by atoms with E-state index in [1.165, 1.54) is 10.7 Å². The number of nitrogens with zero attached hydrogens (tertiary/aromatic N) is 2. The third kappa shape index (κ3) is 1.19. The molecule has 0 saturated carbocycles. The molecule has 1 aromatic carbocycles. The standard InChI is InChI=1S/C12H9FN2O/c13-9-3-1-2-4-10(9)15-12-8(7-14-15)5-6-11(12)16/h1-4,7H,5-6H2. The predicted octanol–water partition coefficient (Wildman–Crippen LogP) is 2.14. The minimum Gasteiger partial charge on any atom is -0.292 e. The van der Waals surface area contributed by atoms with Crippen molar-refractivity contribution in [3.8, 4) is 5.69 Å². The van der Waals surface area contributed by atoms with Gasteiger partial charge in [0.1, 0.15) is 17.2 Å². The lowest BCUT2D eigenvalue weighted by molar-refractivity contribution is 0.0987. The molecule has 1 aliphatic carbocycles. The number of ketones is 1. The van der Waals surface area contributed by atoms with Crippen molar-refractivity contribution in [1.29, 1.82) is 0 Å². The molecule has 0 spiro atoms. The first-order valence-electron chi connectivity index (χ1n) is 5.12. The molecule has 0 radical (unpaired) electrons. The maximum absolute atomic E-state index is 13.6. The Bertz CT molecular complexity index is 574. The summed E-state index contributed by atoms with van der Waals surface area (Å²) in [6.07, 6.45) is 2.86. The topological polar surface area (TPSA) is 34.9 Å². The van der Waals surface area contributed by atoms with Crippen molar-refractivity contribution in [2.24, 2.45) is 0 Å².